The van der Waals surface area contributed by atoms with Crippen molar-refractivity contribution in [3.8, 4) is 5.75 Å². The Morgan fingerprint density at radius 1 is 1.35 bits per heavy atom. The molecule has 0 spiro atoms. The summed E-state index contributed by atoms with van der Waals surface area (Å²) in [6, 6.07) is 4.40. The number of benzene rings is 1. The fourth-order valence-corrected chi connectivity index (χ4v) is 3.30. The van der Waals surface area contributed by atoms with Crippen molar-refractivity contribution in [3.05, 3.63) is 23.8 Å². The van der Waals surface area contributed by atoms with Crippen molar-refractivity contribution in [3.63, 3.8) is 0 Å². The molecule has 0 aromatic heterocycles. The summed E-state index contributed by atoms with van der Waals surface area (Å²) in [6.07, 6.45) is 1.69. The summed E-state index contributed by atoms with van der Waals surface area (Å²) in [7, 11) is -3.56. The van der Waals surface area contributed by atoms with E-state index in [0.29, 0.717) is 17.9 Å². The second kappa shape index (κ2) is 7.61. The van der Waals surface area contributed by atoms with Gasteiger partial charge in [0.05, 0.1) is 18.1 Å². The zero-order valence-electron chi connectivity index (χ0n) is 12.2. The van der Waals surface area contributed by atoms with Gasteiger partial charge in [0.25, 0.3) is 0 Å². The lowest BCUT2D eigenvalue weighted by molar-refractivity contribution is 0.266. The lowest BCUT2D eigenvalue weighted by Gasteiger charge is -2.15. The fourth-order valence-electron chi connectivity index (χ4n) is 1.97. The normalized spacial score (nSPS) is 13.2. The zero-order chi connectivity index (χ0) is 15.2. The van der Waals surface area contributed by atoms with E-state index in [0.717, 1.165) is 12.8 Å². The van der Waals surface area contributed by atoms with Gasteiger partial charge in [0, 0.05) is 11.6 Å². The largest absolute Gasteiger partial charge is 0.494 e. The predicted octanol–water partition coefficient (Wildman–Crippen LogP) is 2.04. The SMILES string of the molecule is CCCC(C)NS(=O)(=O)c1ccc(OCC)c(CO)c1. The summed E-state index contributed by atoms with van der Waals surface area (Å²) in [6.45, 7) is 5.88. The molecule has 0 bridgehead atoms. The molecule has 0 aliphatic heterocycles. The minimum absolute atomic E-state index is 0.117. The van der Waals surface area contributed by atoms with Crippen molar-refractivity contribution in [2.45, 2.75) is 51.2 Å². The van der Waals surface area contributed by atoms with E-state index in [1.54, 1.807) is 6.07 Å². The van der Waals surface area contributed by atoms with Crippen molar-refractivity contribution in [2.75, 3.05) is 6.61 Å². The average molecular weight is 301 g/mol. The molecule has 114 valence electrons. The van der Waals surface area contributed by atoms with Crippen LogP contribution in [0.5, 0.6) is 5.75 Å². The number of sulfonamides is 1. The molecule has 1 aromatic carbocycles. The second-order valence-electron chi connectivity index (χ2n) is 4.67. The van der Waals surface area contributed by atoms with Gasteiger partial charge in [-0.1, -0.05) is 13.3 Å². The number of rotatable bonds is 8. The van der Waals surface area contributed by atoms with E-state index in [9.17, 15) is 13.5 Å². The highest BCUT2D eigenvalue weighted by Gasteiger charge is 2.18. The topological polar surface area (TPSA) is 75.6 Å². The smallest absolute Gasteiger partial charge is 0.240 e. The highest BCUT2D eigenvalue weighted by molar-refractivity contribution is 7.89. The van der Waals surface area contributed by atoms with E-state index < -0.39 is 10.0 Å². The van der Waals surface area contributed by atoms with Crippen LogP contribution < -0.4 is 9.46 Å². The zero-order valence-corrected chi connectivity index (χ0v) is 13.0. The fraction of sp³-hybridized carbons (Fsp3) is 0.571. The first kappa shape index (κ1) is 16.9. The van der Waals surface area contributed by atoms with Crippen LogP contribution in [0.1, 0.15) is 39.2 Å². The standard InChI is InChI=1S/C14H23NO4S/c1-4-6-11(3)15-20(17,18)13-7-8-14(19-5-2)12(9-13)10-16/h7-9,11,15-16H,4-6,10H2,1-3H3. The molecule has 0 amide bonds. The monoisotopic (exact) mass is 301 g/mol. The molecular formula is C14H23NO4S. The Morgan fingerprint density at radius 2 is 2.05 bits per heavy atom. The van der Waals surface area contributed by atoms with Crippen molar-refractivity contribution in [2.24, 2.45) is 0 Å². The van der Waals surface area contributed by atoms with Crippen molar-refractivity contribution in [1.82, 2.24) is 4.72 Å². The average Bonchev–Trinajstić information content (AvgIpc) is 2.39. The van der Waals surface area contributed by atoms with Crippen molar-refractivity contribution >= 4 is 10.0 Å². The molecule has 1 aromatic rings. The summed E-state index contributed by atoms with van der Waals surface area (Å²) in [5, 5.41) is 9.31. The first-order valence-corrected chi connectivity index (χ1v) is 8.31. The molecule has 0 radical (unpaired) electrons. The summed E-state index contributed by atoms with van der Waals surface area (Å²) in [5.41, 5.74) is 0.470. The number of aliphatic hydroxyl groups is 1. The molecule has 0 aliphatic carbocycles. The molecular weight excluding hydrogens is 278 g/mol. The number of ether oxygens (including phenoxy) is 1. The Labute approximate surface area is 121 Å². The van der Waals surface area contributed by atoms with Gasteiger partial charge < -0.3 is 9.84 Å². The molecule has 6 heteroatoms. The lowest BCUT2D eigenvalue weighted by atomic mass is 10.2. The summed E-state index contributed by atoms with van der Waals surface area (Å²) in [4.78, 5) is 0.146. The van der Waals surface area contributed by atoms with Crippen LogP contribution in [0.2, 0.25) is 0 Å². The molecule has 2 N–H and O–H groups in total. The van der Waals surface area contributed by atoms with Crippen LogP contribution >= 0.6 is 0 Å². The van der Waals surface area contributed by atoms with Gasteiger partial charge in [0.1, 0.15) is 5.75 Å². The highest BCUT2D eigenvalue weighted by atomic mass is 32.2. The first-order chi connectivity index (χ1) is 9.44. The van der Waals surface area contributed by atoms with Crippen LogP contribution in [0.3, 0.4) is 0 Å². The molecule has 0 saturated heterocycles. The van der Waals surface area contributed by atoms with Gasteiger partial charge in [-0.2, -0.15) is 0 Å². The van der Waals surface area contributed by atoms with E-state index in [1.165, 1.54) is 12.1 Å². The number of aliphatic hydroxyl groups excluding tert-OH is 1. The third kappa shape index (κ3) is 4.47. The van der Waals surface area contributed by atoms with Crippen molar-refractivity contribution in [1.29, 1.82) is 0 Å². The summed E-state index contributed by atoms with van der Waals surface area (Å²) >= 11 is 0. The van der Waals surface area contributed by atoms with Crippen LogP contribution in [0.15, 0.2) is 23.1 Å². The molecule has 0 fully saturated rings. The quantitative estimate of drug-likeness (QED) is 0.770. The Kier molecular flexibility index (Phi) is 6.45. The van der Waals surface area contributed by atoms with Gasteiger partial charge in [-0.15, -0.1) is 0 Å². The molecule has 1 rings (SSSR count). The van der Waals surface area contributed by atoms with E-state index in [-0.39, 0.29) is 17.5 Å². The van der Waals surface area contributed by atoms with Crippen molar-refractivity contribution < 1.29 is 18.3 Å². The van der Waals surface area contributed by atoms with Gasteiger partial charge in [-0.3, -0.25) is 0 Å². The number of nitrogens with one attached hydrogen (secondary N) is 1. The van der Waals surface area contributed by atoms with E-state index >= 15 is 0 Å². The van der Waals surface area contributed by atoms with Crippen LogP contribution in [-0.2, 0) is 16.6 Å². The van der Waals surface area contributed by atoms with E-state index in [2.05, 4.69) is 4.72 Å². The maximum atomic E-state index is 12.2. The van der Waals surface area contributed by atoms with E-state index in [4.69, 9.17) is 4.74 Å². The molecule has 1 atom stereocenters. The van der Waals surface area contributed by atoms with Crippen LogP contribution in [-0.4, -0.2) is 26.2 Å². The molecule has 1 unspecified atom stereocenters. The second-order valence-corrected chi connectivity index (χ2v) is 6.39. The van der Waals surface area contributed by atoms with Gasteiger partial charge in [0.2, 0.25) is 10.0 Å². The van der Waals surface area contributed by atoms with Crippen LogP contribution in [0.4, 0.5) is 0 Å². The van der Waals surface area contributed by atoms with Gasteiger partial charge in [-0.05, 0) is 38.5 Å². The summed E-state index contributed by atoms with van der Waals surface area (Å²) < 4.78 is 32.4. The lowest BCUT2D eigenvalue weighted by Crippen LogP contribution is -2.32. The van der Waals surface area contributed by atoms with Crippen LogP contribution in [0, 0.1) is 0 Å². The Hall–Kier alpha value is -1.11. The summed E-state index contributed by atoms with van der Waals surface area (Å²) in [5.74, 6) is 0.510. The van der Waals surface area contributed by atoms with Gasteiger partial charge >= 0.3 is 0 Å². The third-order valence-corrected chi connectivity index (χ3v) is 4.48. The van der Waals surface area contributed by atoms with Gasteiger partial charge in [-0.25, -0.2) is 13.1 Å². The highest BCUT2D eigenvalue weighted by Crippen LogP contribution is 2.23. The maximum absolute atomic E-state index is 12.2. The van der Waals surface area contributed by atoms with Gasteiger partial charge in [0.15, 0.2) is 0 Å². The minimum Gasteiger partial charge on any atom is -0.494 e. The maximum Gasteiger partial charge on any atom is 0.240 e. The number of hydrogen-bond donors (Lipinski definition) is 2. The first-order valence-electron chi connectivity index (χ1n) is 6.83. The van der Waals surface area contributed by atoms with Crippen LogP contribution in [0.25, 0.3) is 0 Å². The Bertz CT molecular complexity index is 528. The molecule has 0 heterocycles. The molecule has 20 heavy (non-hydrogen) atoms. The molecule has 0 saturated carbocycles. The molecule has 0 aliphatic rings. The minimum atomic E-state index is -3.56. The predicted molar refractivity (Wildman–Crippen MR) is 78.2 cm³/mol. The Morgan fingerprint density at radius 3 is 2.60 bits per heavy atom. The number of hydrogen-bond acceptors (Lipinski definition) is 4. The van der Waals surface area contributed by atoms with E-state index in [1.807, 2.05) is 20.8 Å². The Balaban J connectivity index is 3.01. The molecule has 5 nitrogen and oxygen atoms in total. The third-order valence-electron chi connectivity index (χ3n) is 2.89.